The summed E-state index contributed by atoms with van der Waals surface area (Å²) in [6.07, 6.45) is 2.64. The molecule has 1 amide bonds. The Labute approximate surface area is 139 Å². The first-order valence-corrected chi connectivity index (χ1v) is 8.93. The number of amides is 1. The molecule has 2 atom stereocenters. The third-order valence-electron chi connectivity index (χ3n) is 4.67. The van der Waals surface area contributed by atoms with Crippen LogP contribution in [0.4, 0.5) is 0 Å². The maximum absolute atomic E-state index is 12.6. The van der Waals surface area contributed by atoms with Crippen molar-refractivity contribution in [2.45, 2.75) is 55.8 Å². The lowest BCUT2D eigenvalue weighted by atomic mass is 10.1. The molecule has 2 aliphatic rings. The molecule has 1 aromatic carbocycles. The van der Waals surface area contributed by atoms with Crippen LogP contribution < -0.4 is 5.32 Å². The van der Waals surface area contributed by atoms with Crippen LogP contribution in [-0.2, 0) is 24.2 Å². The van der Waals surface area contributed by atoms with Crippen molar-refractivity contribution in [3.05, 3.63) is 41.0 Å². The van der Waals surface area contributed by atoms with Gasteiger partial charge < -0.3 is 9.88 Å². The number of hydrogen-bond donors (Lipinski definition) is 1. The second-order valence-corrected chi connectivity index (χ2v) is 7.68. The Morgan fingerprint density at radius 2 is 2.22 bits per heavy atom. The molecular formula is C17H20N4OS. The second kappa shape index (κ2) is 5.67. The lowest BCUT2D eigenvalue weighted by Gasteiger charge is -2.26. The number of fused-ring (bicyclic) bond motifs is 2. The topological polar surface area (TPSA) is 59.8 Å². The molecule has 0 fully saturated rings. The summed E-state index contributed by atoms with van der Waals surface area (Å²) in [5, 5.41) is 11.5. The van der Waals surface area contributed by atoms with E-state index < -0.39 is 0 Å². The summed E-state index contributed by atoms with van der Waals surface area (Å²) in [6.45, 7) is 4.84. The Morgan fingerprint density at radius 1 is 1.35 bits per heavy atom. The van der Waals surface area contributed by atoms with Crippen molar-refractivity contribution in [3.63, 3.8) is 0 Å². The first kappa shape index (κ1) is 14.8. The van der Waals surface area contributed by atoms with Gasteiger partial charge in [0.05, 0.1) is 5.25 Å². The Balaban J connectivity index is 1.41. The van der Waals surface area contributed by atoms with E-state index in [0.29, 0.717) is 0 Å². The maximum atomic E-state index is 12.6. The molecule has 0 saturated heterocycles. The number of hydrogen-bond acceptors (Lipinski definition) is 4. The van der Waals surface area contributed by atoms with Gasteiger partial charge in [0, 0.05) is 23.9 Å². The summed E-state index contributed by atoms with van der Waals surface area (Å²) in [5.41, 5.74) is 2.54. The van der Waals surface area contributed by atoms with Gasteiger partial charge in [-0.2, -0.15) is 0 Å². The van der Waals surface area contributed by atoms with Gasteiger partial charge in [0.2, 0.25) is 5.91 Å². The summed E-state index contributed by atoms with van der Waals surface area (Å²) < 4.78 is 2.12. The number of carbonyl (C=O) groups is 1. The van der Waals surface area contributed by atoms with E-state index >= 15 is 0 Å². The minimum atomic E-state index is -0.00444. The third-order valence-corrected chi connectivity index (χ3v) is 5.97. The van der Waals surface area contributed by atoms with Crippen LogP contribution in [0.5, 0.6) is 0 Å². The first-order chi connectivity index (χ1) is 11.1. The highest BCUT2D eigenvalue weighted by molar-refractivity contribution is 8.01. The predicted molar refractivity (Wildman–Crippen MR) is 89.5 cm³/mol. The Morgan fingerprint density at radius 3 is 3.09 bits per heavy atom. The van der Waals surface area contributed by atoms with Crippen molar-refractivity contribution < 1.29 is 4.79 Å². The summed E-state index contributed by atoms with van der Waals surface area (Å²) in [6, 6.07) is 6.63. The molecule has 120 valence electrons. The smallest absolute Gasteiger partial charge is 0.234 e. The van der Waals surface area contributed by atoms with Crippen LogP contribution in [0.15, 0.2) is 23.1 Å². The molecule has 0 radical (unpaired) electrons. The van der Waals surface area contributed by atoms with Crippen molar-refractivity contribution in [2.75, 3.05) is 0 Å². The summed E-state index contributed by atoms with van der Waals surface area (Å²) >= 11 is 1.69. The number of nitrogens with zero attached hydrogens (tertiary/aromatic N) is 3. The van der Waals surface area contributed by atoms with E-state index in [9.17, 15) is 4.79 Å². The number of benzene rings is 1. The molecule has 0 saturated carbocycles. The van der Waals surface area contributed by atoms with Gasteiger partial charge in [-0.15, -0.1) is 22.0 Å². The molecule has 2 aromatic rings. The monoisotopic (exact) mass is 328 g/mol. The van der Waals surface area contributed by atoms with Crippen LogP contribution in [0.25, 0.3) is 0 Å². The summed E-state index contributed by atoms with van der Waals surface area (Å²) in [7, 11) is 0. The molecule has 5 nitrogen and oxygen atoms in total. The number of aromatic nitrogens is 3. The molecule has 1 aromatic heterocycles. The fourth-order valence-electron chi connectivity index (χ4n) is 3.36. The van der Waals surface area contributed by atoms with Crippen molar-refractivity contribution >= 4 is 17.7 Å². The number of thioether (sulfide) groups is 1. The van der Waals surface area contributed by atoms with Gasteiger partial charge in [0.15, 0.2) is 0 Å². The number of rotatable bonds is 2. The molecule has 0 spiro atoms. The predicted octanol–water partition coefficient (Wildman–Crippen LogP) is 2.04. The average molecular weight is 328 g/mol. The molecule has 23 heavy (non-hydrogen) atoms. The van der Waals surface area contributed by atoms with Crippen LogP contribution in [-0.4, -0.2) is 32.0 Å². The highest BCUT2D eigenvalue weighted by atomic mass is 32.2. The van der Waals surface area contributed by atoms with E-state index in [2.05, 4.69) is 45.2 Å². The molecule has 0 unspecified atom stereocenters. The zero-order chi connectivity index (χ0) is 16.0. The lowest BCUT2D eigenvalue weighted by Crippen LogP contribution is -2.44. The minimum Gasteiger partial charge on any atom is -0.351 e. The fraction of sp³-hybridized carbons (Fsp3) is 0.471. The van der Waals surface area contributed by atoms with Crippen LogP contribution in [0.3, 0.4) is 0 Å². The standard InChI is InChI=1S/C17H20N4OS/c1-10-3-4-12-8-15(23-14(12)7-10)17(22)18-13-5-6-16-20-19-11(2)21(16)9-13/h3-4,7,13,15H,5-6,8-9H2,1-2H3,(H,18,22)/t13-,15+/m0/s1. The fourth-order valence-corrected chi connectivity index (χ4v) is 4.66. The van der Waals surface area contributed by atoms with Crippen LogP contribution in [0.1, 0.15) is 29.2 Å². The van der Waals surface area contributed by atoms with E-state index in [-0.39, 0.29) is 17.2 Å². The highest BCUT2D eigenvalue weighted by Crippen LogP contribution is 2.37. The quantitative estimate of drug-likeness (QED) is 0.916. The third kappa shape index (κ3) is 2.76. The van der Waals surface area contributed by atoms with Gasteiger partial charge in [0.1, 0.15) is 11.6 Å². The minimum absolute atomic E-state index is 0.00444. The Kier molecular flexibility index (Phi) is 3.64. The maximum Gasteiger partial charge on any atom is 0.234 e. The molecule has 2 aliphatic heterocycles. The molecule has 4 rings (SSSR count). The zero-order valence-corrected chi connectivity index (χ0v) is 14.2. The normalized spacial score (nSPS) is 22.5. The number of nitrogens with one attached hydrogen (secondary N) is 1. The summed E-state index contributed by atoms with van der Waals surface area (Å²) in [4.78, 5) is 13.9. The van der Waals surface area contributed by atoms with Gasteiger partial charge in [0.25, 0.3) is 0 Å². The molecular weight excluding hydrogens is 308 g/mol. The highest BCUT2D eigenvalue weighted by Gasteiger charge is 2.31. The number of carbonyl (C=O) groups excluding carboxylic acids is 1. The average Bonchev–Trinajstić information content (AvgIpc) is 3.11. The molecule has 3 heterocycles. The SMILES string of the molecule is Cc1ccc2c(c1)S[C@@H](C(=O)N[C@H]1CCc3nnc(C)n3C1)C2. The van der Waals surface area contributed by atoms with Gasteiger partial charge in [-0.1, -0.05) is 17.7 Å². The Hall–Kier alpha value is -1.82. The van der Waals surface area contributed by atoms with Crippen LogP contribution >= 0.6 is 11.8 Å². The van der Waals surface area contributed by atoms with E-state index in [4.69, 9.17) is 0 Å². The van der Waals surface area contributed by atoms with E-state index in [0.717, 1.165) is 37.5 Å². The van der Waals surface area contributed by atoms with Crippen molar-refractivity contribution in [3.8, 4) is 0 Å². The number of aryl methyl sites for hydroxylation is 3. The summed E-state index contributed by atoms with van der Waals surface area (Å²) in [5.74, 6) is 2.12. The van der Waals surface area contributed by atoms with Crippen molar-refractivity contribution in [1.29, 1.82) is 0 Å². The van der Waals surface area contributed by atoms with Crippen molar-refractivity contribution in [1.82, 2.24) is 20.1 Å². The van der Waals surface area contributed by atoms with Crippen LogP contribution in [0.2, 0.25) is 0 Å². The molecule has 0 bridgehead atoms. The van der Waals surface area contributed by atoms with Gasteiger partial charge in [-0.3, -0.25) is 4.79 Å². The largest absolute Gasteiger partial charge is 0.351 e. The van der Waals surface area contributed by atoms with Gasteiger partial charge in [-0.05, 0) is 38.3 Å². The van der Waals surface area contributed by atoms with Gasteiger partial charge in [-0.25, -0.2) is 0 Å². The van der Waals surface area contributed by atoms with Crippen molar-refractivity contribution in [2.24, 2.45) is 0 Å². The lowest BCUT2D eigenvalue weighted by molar-refractivity contribution is -0.121. The molecule has 6 heteroatoms. The van der Waals surface area contributed by atoms with E-state index in [1.165, 1.54) is 16.0 Å². The van der Waals surface area contributed by atoms with E-state index in [1.54, 1.807) is 11.8 Å². The molecule has 1 N–H and O–H groups in total. The Bertz CT molecular complexity index is 770. The first-order valence-electron chi connectivity index (χ1n) is 8.05. The van der Waals surface area contributed by atoms with E-state index in [1.807, 2.05) is 6.92 Å². The zero-order valence-electron chi connectivity index (χ0n) is 13.4. The van der Waals surface area contributed by atoms with Crippen LogP contribution in [0, 0.1) is 13.8 Å². The molecule has 0 aliphatic carbocycles. The van der Waals surface area contributed by atoms with Gasteiger partial charge >= 0.3 is 0 Å². The second-order valence-electron chi connectivity index (χ2n) is 6.44.